The van der Waals surface area contributed by atoms with Crippen molar-refractivity contribution in [3.05, 3.63) is 18.0 Å². The zero-order chi connectivity index (χ0) is 14.4. The van der Waals surface area contributed by atoms with Crippen LogP contribution >= 0.6 is 0 Å². The van der Waals surface area contributed by atoms with E-state index in [1.165, 1.54) is 31.2 Å². The Bertz CT molecular complexity index is 544. The molecule has 5 heteroatoms. The number of carbonyl (C=O) groups is 1. The molecule has 1 saturated heterocycles. The van der Waals surface area contributed by atoms with Gasteiger partial charge in [-0.25, -0.2) is 4.79 Å². The Labute approximate surface area is 125 Å². The Balaban J connectivity index is 1.30. The molecule has 0 bridgehead atoms. The van der Waals surface area contributed by atoms with Crippen LogP contribution in [0.1, 0.15) is 43.6 Å². The number of aryl methyl sites for hydroxylation is 1. The number of nitrogens with zero attached hydrogens (tertiary/aromatic N) is 3. The molecular formula is C16H24N4O. The van der Waals surface area contributed by atoms with Gasteiger partial charge < -0.3 is 10.2 Å². The lowest BCUT2D eigenvalue weighted by molar-refractivity contribution is 0.204. The molecule has 2 saturated carbocycles. The minimum atomic E-state index is 0.133. The van der Waals surface area contributed by atoms with Crippen molar-refractivity contribution >= 4 is 6.03 Å². The molecule has 21 heavy (non-hydrogen) atoms. The third-order valence-electron chi connectivity index (χ3n) is 5.60. The molecule has 4 rings (SSSR count). The summed E-state index contributed by atoms with van der Waals surface area (Å²) in [7, 11) is 1.94. The van der Waals surface area contributed by atoms with Gasteiger partial charge in [0.1, 0.15) is 0 Å². The molecule has 1 atom stereocenters. The summed E-state index contributed by atoms with van der Waals surface area (Å²) in [6, 6.07) is 0.133. The number of amides is 2. The normalized spacial score (nSPS) is 26.9. The van der Waals surface area contributed by atoms with Gasteiger partial charge in [0.05, 0.1) is 6.20 Å². The van der Waals surface area contributed by atoms with Crippen molar-refractivity contribution in [3.8, 4) is 0 Å². The monoisotopic (exact) mass is 288 g/mol. The van der Waals surface area contributed by atoms with Crippen molar-refractivity contribution in [2.24, 2.45) is 18.4 Å². The van der Waals surface area contributed by atoms with Crippen LogP contribution in [0.2, 0.25) is 0 Å². The Morgan fingerprint density at radius 2 is 2.24 bits per heavy atom. The Morgan fingerprint density at radius 3 is 2.86 bits per heavy atom. The molecule has 1 aromatic rings. The van der Waals surface area contributed by atoms with Crippen molar-refractivity contribution in [2.75, 3.05) is 19.6 Å². The van der Waals surface area contributed by atoms with Crippen LogP contribution in [0.25, 0.3) is 0 Å². The smallest absolute Gasteiger partial charge is 0.317 e. The Hall–Kier alpha value is -1.52. The number of rotatable bonds is 4. The van der Waals surface area contributed by atoms with Crippen LogP contribution in [0.4, 0.5) is 4.79 Å². The summed E-state index contributed by atoms with van der Waals surface area (Å²) in [4.78, 5) is 14.3. The van der Waals surface area contributed by atoms with Crippen LogP contribution in [0.5, 0.6) is 0 Å². The molecule has 1 aliphatic heterocycles. The minimum Gasteiger partial charge on any atom is -0.337 e. The molecule has 2 heterocycles. The molecule has 0 radical (unpaired) electrons. The van der Waals surface area contributed by atoms with Crippen LogP contribution in [-0.4, -0.2) is 40.3 Å². The summed E-state index contributed by atoms with van der Waals surface area (Å²) in [5.74, 6) is 1.35. The SMILES string of the molecule is Cn1cc(C2CCN(C(=O)NCC3(C4CC4)CC3)C2)cn1. The van der Waals surface area contributed by atoms with Crippen molar-refractivity contribution < 1.29 is 4.79 Å². The zero-order valence-electron chi connectivity index (χ0n) is 12.7. The molecular weight excluding hydrogens is 264 g/mol. The van der Waals surface area contributed by atoms with Gasteiger partial charge in [0.25, 0.3) is 0 Å². The topological polar surface area (TPSA) is 50.2 Å². The van der Waals surface area contributed by atoms with Crippen molar-refractivity contribution in [3.63, 3.8) is 0 Å². The maximum atomic E-state index is 12.3. The van der Waals surface area contributed by atoms with Gasteiger partial charge in [-0.2, -0.15) is 5.10 Å². The van der Waals surface area contributed by atoms with Crippen LogP contribution in [-0.2, 0) is 7.05 Å². The van der Waals surface area contributed by atoms with E-state index in [1.807, 2.05) is 22.8 Å². The summed E-state index contributed by atoms with van der Waals surface area (Å²) >= 11 is 0. The first-order valence-electron chi connectivity index (χ1n) is 8.18. The third kappa shape index (κ3) is 2.54. The number of likely N-dealkylation sites (tertiary alicyclic amines) is 1. The summed E-state index contributed by atoms with van der Waals surface area (Å²) < 4.78 is 1.84. The highest BCUT2D eigenvalue weighted by Crippen LogP contribution is 2.60. The first kappa shape index (κ1) is 13.2. The van der Waals surface area contributed by atoms with Gasteiger partial charge in [-0.3, -0.25) is 4.68 Å². The van der Waals surface area contributed by atoms with E-state index in [2.05, 4.69) is 16.6 Å². The molecule has 114 valence electrons. The lowest BCUT2D eigenvalue weighted by Gasteiger charge is -2.20. The maximum Gasteiger partial charge on any atom is 0.317 e. The predicted octanol–water partition coefficient (Wildman–Crippen LogP) is 2.11. The van der Waals surface area contributed by atoms with Gasteiger partial charge in [-0.15, -0.1) is 0 Å². The van der Waals surface area contributed by atoms with Crippen LogP contribution in [0.3, 0.4) is 0 Å². The number of urea groups is 1. The number of hydrogen-bond donors (Lipinski definition) is 1. The second-order valence-electron chi connectivity index (χ2n) is 7.17. The Morgan fingerprint density at radius 1 is 1.43 bits per heavy atom. The molecule has 1 unspecified atom stereocenters. The second kappa shape index (κ2) is 4.75. The van der Waals surface area contributed by atoms with Crippen molar-refractivity contribution in [2.45, 2.75) is 38.0 Å². The number of hydrogen-bond acceptors (Lipinski definition) is 2. The first-order valence-corrected chi connectivity index (χ1v) is 8.18. The summed E-state index contributed by atoms with van der Waals surface area (Å²) in [6.07, 6.45) is 10.4. The highest BCUT2D eigenvalue weighted by Gasteiger charge is 2.53. The lowest BCUT2D eigenvalue weighted by atomic mass is 10.0. The van der Waals surface area contributed by atoms with Gasteiger partial charge in [0, 0.05) is 38.8 Å². The van der Waals surface area contributed by atoms with Gasteiger partial charge in [-0.05, 0) is 49.0 Å². The predicted molar refractivity (Wildman–Crippen MR) is 79.9 cm³/mol. The average molecular weight is 288 g/mol. The molecule has 2 aliphatic carbocycles. The average Bonchev–Trinajstić information content (AvgIpc) is 3.37. The third-order valence-corrected chi connectivity index (χ3v) is 5.60. The quantitative estimate of drug-likeness (QED) is 0.922. The van der Waals surface area contributed by atoms with Gasteiger partial charge >= 0.3 is 6.03 Å². The molecule has 0 spiro atoms. The van der Waals surface area contributed by atoms with E-state index in [0.29, 0.717) is 11.3 Å². The van der Waals surface area contributed by atoms with Crippen LogP contribution in [0, 0.1) is 11.3 Å². The molecule has 1 aromatic heterocycles. The molecule has 2 amide bonds. The molecule has 3 aliphatic rings. The van der Waals surface area contributed by atoms with Gasteiger partial charge in [0.2, 0.25) is 0 Å². The molecule has 3 fully saturated rings. The summed E-state index contributed by atoms with van der Waals surface area (Å²) in [5.41, 5.74) is 1.74. The molecule has 0 aromatic carbocycles. The number of carbonyl (C=O) groups excluding carboxylic acids is 1. The summed E-state index contributed by atoms with van der Waals surface area (Å²) in [5, 5.41) is 7.42. The van der Waals surface area contributed by atoms with Gasteiger partial charge in [0.15, 0.2) is 0 Å². The maximum absolute atomic E-state index is 12.3. The van der Waals surface area contributed by atoms with Crippen LogP contribution in [0.15, 0.2) is 12.4 Å². The Kier molecular flexibility index (Phi) is 2.98. The fourth-order valence-corrected chi connectivity index (χ4v) is 3.82. The molecule has 1 N–H and O–H groups in total. The lowest BCUT2D eigenvalue weighted by Crippen LogP contribution is -2.41. The fraction of sp³-hybridized carbons (Fsp3) is 0.750. The second-order valence-corrected chi connectivity index (χ2v) is 7.17. The highest BCUT2D eigenvalue weighted by molar-refractivity contribution is 5.74. The number of nitrogens with one attached hydrogen (secondary N) is 1. The standard InChI is InChI=1S/C16H24N4O/c1-19-9-13(8-18-19)12-4-7-20(10-12)15(21)17-11-16(5-6-16)14-2-3-14/h8-9,12,14H,2-7,10-11H2,1H3,(H,17,21). The van der Waals surface area contributed by atoms with E-state index in [4.69, 9.17) is 0 Å². The minimum absolute atomic E-state index is 0.133. The van der Waals surface area contributed by atoms with E-state index >= 15 is 0 Å². The van der Waals surface area contributed by atoms with Crippen molar-refractivity contribution in [1.29, 1.82) is 0 Å². The van der Waals surface area contributed by atoms with E-state index in [1.54, 1.807) is 0 Å². The van der Waals surface area contributed by atoms with Gasteiger partial charge in [-0.1, -0.05) is 0 Å². The fourth-order valence-electron chi connectivity index (χ4n) is 3.82. The first-order chi connectivity index (χ1) is 10.2. The number of aromatic nitrogens is 2. The highest BCUT2D eigenvalue weighted by atomic mass is 16.2. The molecule has 5 nitrogen and oxygen atoms in total. The van der Waals surface area contributed by atoms with Crippen LogP contribution < -0.4 is 5.32 Å². The zero-order valence-corrected chi connectivity index (χ0v) is 12.7. The van der Waals surface area contributed by atoms with E-state index in [9.17, 15) is 4.79 Å². The largest absolute Gasteiger partial charge is 0.337 e. The van der Waals surface area contributed by atoms with E-state index in [-0.39, 0.29) is 6.03 Å². The van der Waals surface area contributed by atoms with Crippen molar-refractivity contribution in [1.82, 2.24) is 20.0 Å². The van der Waals surface area contributed by atoms with E-state index < -0.39 is 0 Å². The van der Waals surface area contributed by atoms with E-state index in [0.717, 1.165) is 32.0 Å². The summed E-state index contributed by atoms with van der Waals surface area (Å²) in [6.45, 7) is 2.58.